The van der Waals surface area contributed by atoms with Gasteiger partial charge in [-0.3, -0.25) is 4.79 Å². The number of carbonyl (C=O) groups is 1. The summed E-state index contributed by atoms with van der Waals surface area (Å²) in [6, 6.07) is 6.62. The van der Waals surface area contributed by atoms with Crippen LogP contribution in [0.5, 0.6) is 11.6 Å². The van der Waals surface area contributed by atoms with E-state index >= 15 is 0 Å². The minimum atomic E-state index is -4.46. The summed E-state index contributed by atoms with van der Waals surface area (Å²) in [5.74, 6) is -0.965. The highest BCUT2D eigenvalue weighted by Crippen LogP contribution is 2.32. The van der Waals surface area contributed by atoms with Crippen molar-refractivity contribution in [1.82, 2.24) is 4.98 Å². The van der Waals surface area contributed by atoms with Crippen LogP contribution in [0, 0.1) is 0 Å². The van der Waals surface area contributed by atoms with Crippen molar-refractivity contribution in [3.63, 3.8) is 0 Å². The highest BCUT2D eigenvalue weighted by atomic mass is 19.4. The molecule has 0 aliphatic rings. The first-order chi connectivity index (χ1) is 10.8. The zero-order chi connectivity index (χ0) is 17.0. The minimum Gasteiger partial charge on any atom is -0.481 e. The first kappa shape index (κ1) is 16.8. The number of carboxylic acids is 1. The van der Waals surface area contributed by atoms with E-state index in [-0.39, 0.29) is 18.1 Å². The molecule has 2 aromatic rings. The fourth-order valence-electron chi connectivity index (χ4n) is 1.83. The molecule has 1 heterocycles. The zero-order valence-corrected chi connectivity index (χ0v) is 11.7. The molecule has 0 aliphatic heterocycles. The molecule has 8 heteroatoms. The number of pyridine rings is 1. The Labute approximate surface area is 129 Å². The molecule has 1 aromatic carbocycles. The van der Waals surface area contributed by atoms with Gasteiger partial charge in [-0.05, 0) is 23.8 Å². The normalized spacial score (nSPS) is 12.7. The predicted octanol–water partition coefficient (Wildman–Crippen LogP) is 3.37. The number of carboxylic acid groups (broad SMARTS) is 1. The fourth-order valence-corrected chi connectivity index (χ4v) is 1.83. The van der Waals surface area contributed by atoms with Crippen molar-refractivity contribution >= 4 is 5.97 Å². The van der Waals surface area contributed by atoms with Crippen molar-refractivity contribution in [3.05, 3.63) is 53.7 Å². The Balaban J connectivity index is 2.11. The molecule has 0 aliphatic carbocycles. The second-order valence-electron chi connectivity index (χ2n) is 4.76. The van der Waals surface area contributed by atoms with Crippen LogP contribution in [0.4, 0.5) is 13.2 Å². The van der Waals surface area contributed by atoms with Crippen LogP contribution in [-0.2, 0) is 11.0 Å². The Morgan fingerprint density at radius 1 is 1.30 bits per heavy atom. The molecule has 0 amide bonds. The molecule has 1 atom stereocenters. The number of aromatic nitrogens is 1. The topological polar surface area (TPSA) is 85.4 Å². The standard InChI is InChI=1S/C15H13F3N2O3/c16-15(17,18)10-2-1-3-11(6-10)23-13-5-4-9(8-20-13)12(19)7-14(21)22/h1-6,8,12H,7,19H2,(H,21,22). The Morgan fingerprint density at radius 3 is 2.61 bits per heavy atom. The molecular formula is C15H13F3N2O3. The summed E-state index contributed by atoms with van der Waals surface area (Å²) in [5.41, 5.74) is 5.35. The van der Waals surface area contributed by atoms with E-state index in [0.29, 0.717) is 5.56 Å². The summed E-state index contributed by atoms with van der Waals surface area (Å²) in [5, 5.41) is 8.67. The van der Waals surface area contributed by atoms with Gasteiger partial charge in [0.2, 0.25) is 5.88 Å². The molecule has 0 fully saturated rings. The molecule has 1 aromatic heterocycles. The molecule has 2 rings (SSSR count). The van der Waals surface area contributed by atoms with Crippen LogP contribution in [-0.4, -0.2) is 16.1 Å². The average Bonchev–Trinajstić information content (AvgIpc) is 2.46. The SMILES string of the molecule is NC(CC(=O)O)c1ccc(Oc2cccc(C(F)(F)F)c2)nc1. The monoisotopic (exact) mass is 326 g/mol. The molecule has 0 saturated heterocycles. The molecule has 5 nitrogen and oxygen atoms in total. The summed E-state index contributed by atoms with van der Waals surface area (Å²) in [7, 11) is 0. The molecule has 122 valence electrons. The van der Waals surface area contributed by atoms with Gasteiger partial charge in [0.25, 0.3) is 0 Å². The highest BCUT2D eigenvalue weighted by molar-refractivity contribution is 5.67. The van der Waals surface area contributed by atoms with Gasteiger partial charge in [0.05, 0.1) is 12.0 Å². The van der Waals surface area contributed by atoms with Gasteiger partial charge in [-0.25, -0.2) is 4.98 Å². The Morgan fingerprint density at radius 2 is 2.04 bits per heavy atom. The number of halogens is 3. The van der Waals surface area contributed by atoms with Crippen LogP contribution in [0.1, 0.15) is 23.6 Å². The summed E-state index contributed by atoms with van der Waals surface area (Å²) < 4.78 is 43.1. The number of alkyl halides is 3. The number of aliphatic carboxylic acids is 1. The number of nitrogens with zero attached hydrogens (tertiary/aromatic N) is 1. The third-order valence-electron chi connectivity index (χ3n) is 2.97. The van der Waals surface area contributed by atoms with Crippen molar-refractivity contribution in [3.8, 4) is 11.6 Å². The summed E-state index contributed by atoms with van der Waals surface area (Å²) in [6.07, 6.45) is -3.38. The lowest BCUT2D eigenvalue weighted by Crippen LogP contribution is -2.15. The fraction of sp³-hybridized carbons (Fsp3) is 0.200. The molecule has 0 saturated carbocycles. The molecule has 0 bridgehead atoms. The van der Waals surface area contributed by atoms with Crippen molar-refractivity contribution in [2.75, 3.05) is 0 Å². The van der Waals surface area contributed by atoms with Crippen molar-refractivity contribution in [1.29, 1.82) is 0 Å². The lowest BCUT2D eigenvalue weighted by Gasteiger charge is -2.11. The van der Waals surface area contributed by atoms with E-state index in [1.807, 2.05) is 0 Å². The summed E-state index contributed by atoms with van der Waals surface area (Å²) in [4.78, 5) is 14.5. The number of benzene rings is 1. The minimum absolute atomic E-state index is 0.00471. The maximum Gasteiger partial charge on any atom is 0.416 e. The van der Waals surface area contributed by atoms with Crippen molar-refractivity contribution in [2.24, 2.45) is 5.73 Å². The van der Waals surface area contributed by atoms with Gasteiger partial charge in [-0.2, -0.15) is 13.2 Å². The van der Waals surface area contributed by atoms with Crippen LogP contribution in [0.2, 0.25) is 0 Å². The number of nitrogens with two attached hydrogens (primary N) is 1. The highest BCUT2D eigenvalue weighted by Gasteiger charge is 2.30. The van der Waals surface area contributed by atoms with E-state index in [2.05, 4.69) is 4.98 Å². The van der Waals surface area contributed by atoms with Crippen LogP contribution in [0.3, 0.4) is 0 Å². The lowest BCUT2D eigenvalue weighted by atomic mass is 10.1. The van der Waals surface area contributed by atoms with Gasteiger partial charge in [0, 0.05) is 18.3 Å². The second-order valence-corrected chi connectivity index (χ2v) is 4.76. The van der Waals surface area contributed by atoms with E-state index in [1.165, 1.54) is 30.5 Å². The Bertz CT molecular complexity index is 687. The first-order valence-corrected chi connectivity index (χ1v) is 6.54. The van der Waals surface area contributed by atoms with Gasteiger partial charge < -0.3 is 15.6 Å². The van der Waals surface area contributed by atoms with Crippen LogP contribution >= 0.6 is 0 Å². The largest absolute Gasteiger partial charge is 0.481 e. The second kappa shape index (κ2) is 6.66. The molecular weight excluding hydrogens is 313 g/mol. The number of hydrogen-bond donors (Lipinski definition) is 2. The quantitative estimate of drug-likeness (QED) is 0.880. The van der Waals surface area contributed by atoms with E-state index in [9.17, 15) is 18.0 Å². The van der Waals surface area contributed by atoms with Gasteiger partial charge in [-0.1, -0.05) is 12.1 Å². The maximum absolute atomic E-state index is 12.6. The van der Waals surface area contributed by atoms with E-state index < -0.39 is 23.8 Å². The molecule has 3 N–H and O–H groups in total. The lowest BCUT2D eigenvalue weighted by molar-refractivity contribution is -0.138. The van der Waals surface area contributed by atoms with E-state index in [1.54, 1.807) is 0 Å². The smallest absolute Gasteiger partial charge is 0.416 e. The zero-order valence-electron chi connectivity index (χ0n) is 11.7. The number of rotatable bonds is 5. The van der Waals surface area contributed by atoms with Crippen LogP contribution < -0.4 is 10.5 Å². The van der Waals surface area contributed by atoms with Gasteiger partial charge in [0.15, 0.2) is 0 Å². The predicted molar refractivity (Wildman–Crippen MR) is 74.9 cm³/mol. The summed E-state index contributed by atoms with van der Waals surface area (Å²) in [6.45, 7) is 0. The average molecular weight is 326 g/mol. The number of hydrogen-bond acceptors (Lipinski definition) is 4. The van der Waals surface area contributed by atoms with Crippen molar-refractivity contribution in [2.45, 2.75) is 18.6 Å². The van der Waals surface area contributed by atoms with Crippen LogP contribution in [0.25, 0.3) is 0 Å². The number of ether oxygens (including phenoxy) is 1. The third kappa shape index (κ3) is 4.68. The molecule has 23 heavy (non-hydrogen) atoms. The Kier molecular flexibility index (Phi) is 4.85. The van der Waals surface area contributed by atoms with E-state index in [0.717, 1.165) is 12.1 Å². The first-order valence-electron chi connectivity index (χ1n) is 6.54. The van der Waals surface area contributed by atoms with Crippen LogP contribution in [0.15, 0.2) is 42.6 Å². The van der Waals surface area contributed by atoms with E-state index in [4.69, 9.17) is 15.6 Å². The maximum atomic E-state index is 12.6. The molecule has 1 unspecified atom stereocenters. The van der Waals surface area contributed by atoms with Gasteiger partial charge in [-0.15, -0.1) is 0 Å². The van der Waals surface area contributed by atoms with Gasteiger partial charge >= 0.3 is 12.1 Å². The molecule has 0 radical (unpaired) electrons. The third-order valence-corrected chi connectivity index (χ3v) is 2.97. The Hall–Kier alpha value is -2.61. The summed E-state index contributed by atoms with van der Waals surface area (Å²) >= 11 is 0. The van der Waals surface area contributed by atoms with Crippen molar-refractivity contribution < 1.29 is 27.8 Å². The molecule has 0 spiro atoms. The van der Waals surface area contributed by atoms with Gasteiger partial charge in [0.1, 0.15) is 5.75 Å².